The lowest BCUT2D eigenvalue weighted by atomic mass is 9.93. The van der Waals surface area contributed by atoms with Crippen molar-refractivity contribution < 1.29 is 4.79 Å². The number of rotatable bonds is 2. The van der Waals surface area contributed by atoms with Gasteiger partial charge in [-0.1, -0.05) is 13.8 Å². The van der Waals surface area contributed by atoms with Crippen LogP contribution in [-0.2, 0) is 4.79 Å². The molecule has 1 aliphatic carbocycles. The average Bonchev–Trinajstić information content (AvgIpc) is 2.37. The lowest BCUT2D eigenvalue weighted by Gasteiger charge is -2.39. The number of amides is 1. The van der Waals surface area contributed by atoms with Crippen molar-refractivity contribution in [1.29, 1.82) is 0 Å². The molecule has 1 N–H and O–H groups in total. The minimum absolute atomic E-state index is 0. The van der Waals surface area contributed by atoms with Crippen LogP contribution in [-0.4, -0.2) is 60.9 Å². The first-order chi connectivity index (χ1) is 9.11. The predicted octanol–water partition coefficient (Wildman–Crippen LogP) is 1.53. The van der Waals surface area contributed by atoms with Crippen molar-refractivity contribution in [2.24, 2.45) is 10.9 Å². The molecule has 2 fully saturated rings. The minimum Gasteiger partial charge on any atom is -0.354 e. The van der Waals surface area contributed by atoms with Crippen molar-refractivity contribution >= 4 is 35.8 Å². The largest absolute Gasteiger partial charge is 0.354 e. The van der Waals surface area contributed by atoms with Crippen LogP contribution >= 0.6 is 24.0 Å². The molecule has 0 bridgehead atoms. The molecule has 5 nitrogen and oxygen atoms in total. The van der Waals surface area contributed by atoms with Crippen LogP contribution in [0.5, 0.6) is 0 Å². The molecular weight excluding hydrogens is 367 g/mol. The summed E-state index contributed by atoms with van der Waals surface area (Å²) in [5, 5.41) is 3.51. The van der Waals surface area contributed by atoms with E-state index in [9.17, 15) is 4.79 Å². The molecule has 0 radical (unpaired) electrons. The normalized spacial score (nSPS) is 20.5. The summed E-state index contributed by atoms with van der Waals surface area (Å²) < 4.78 is 0. The first-order valence-electron chi connectivity index (χ1n) is 7.39. The van der Waals surface area contributed by atoms with Gasteiger partial charge < -0.3 is 15.1 Å². The van der Waals surface area contributed by atoms with Gasteiger partial charge in [0.05, 0.1) is 0 Å². The highest BCUT2D eigenvalue weighted by Gasteiger charge is 2.26. The number of nitrogens with zero attached hydrogens (tertiary/aromatic N) is 3. The SMILES string of the molecule is CN=C(NC1CCC1)N1CCN(C(=O)C(C)C)CC1.I. The fourth-order valence-corrected chi connectivity index (χ4v) is 2.54. The maximum atomic E-state index is 11.9. The van der Waals surface area contributed by atoms with E-state index in [4.69, 9.17) is 0 Å². The van der Waals surface area contributed by atoms with Crippen molar-refractivity contribution in [3.05, 3.63) is 0 Å². The van der Waals surface area contributed by atoms with Crippen molar-refractivity contribution in [3.8, 4) is 0 Å². The second-order valence-corrected chi connectivity index (χ2v) is 5.79. The molecule has 20 heavy (non-hydrogen) atoms. The molecule has 1 heterocycles. The molecular formula is C14H27IN4O. The molecule has 0 spiro atoms. The van der Waals surface area contributed by atoms with E-state index in [1.165, 1.54) is 19.3 Å². The second-order valence-electron chi connectivity index (χ2n) is 5.79. The van der Waals surface area contributed by atoms with Gasteiger partial charge in [-0.05, 0) is 19.3 Å². The molecule has 1 saturated heterocycles. The summed E-state index contributed by atoms with van der Waals surface area (Å²) in [6.07, 6.45) is 3.83. The summed E-state index contributed by atoms with van der Waals surface area (Å²) in [5.74, 6) is 1.36. The zero-order valence-electron chi connectivity index (χ0n) is 12.8. The first kappa shape index (κ1) is 17.5. The molecule has 0 unspecified atom stereocenters. The summed E-state index contributed by atoms with van der Waals surface area (Å²) in [6.45, 7) is 7.30. The Morgan fingerprint density at radius 2 is 1.70 bits per heavy atom. The maximum absolute atomic E-state index is 11.9. The Morgan fingerprint density at radius 3 is 2.10 bits per heavy atom. The Labute approximate surface area is 139 Å². The van der Waals surface area contributed by atoms with Crippen LogP contribution in [0.4, 0.5) is 0 Å². The van der Waals surface area contributed by atoms with Gasteiger partial charge in [0.1, 0.15) is 0 Å². The van der Waals surface area contributed by atoms with Gasteiger partial charge in [-0.3, -0.25) is 9.79 Å². The Kier molecular flexibility index (Phi) is 7.05. The third-order valence-electron chi connectivity index (χ3n) is 4.03. The van der Waals surface area contributed by atoms with E-state index in [0.29, 0.717) is 6.04 Å². The zero-order valence-corrected chi connectivity index (χ0v) is 15.1. The quantitative estimate of drug-likeness (QED) is 0.439. The van der Waals surface area contributed by atoms with Gasteiger partial charge in [0.25, 0.3) is 0 Å². The van der Waals surface area contributed by atoms with Gasteiger partial charge in [0.2, 0.25) is 5.91 Å². The monoisotopic (exact) mass is 394 g/mol. The number of carbonyl (C=O) groups is 1. The standard InChI is InChI=1S/C14H26N4O.HI/c1-11(2)13(19)17-7-9-18(10-8-17)14(15-3)16-12-5-4-6-12;/h11-12H,4-10H2,1-3H3,(H,15,16);1H. The molecule has 116 valence electrons. The third kappa shape index (κ3) is 4.23. The molecule has 0 aromatic rings. The van der Waals surface area contributed by atoms with Gasteiger partial charge in [0.15, 0.2) is 5.96 Å². The topological polar surface area (TPSA) is 47.9 Å². The van der Waals surface area contributed by atoms with Crippen LogP contribution in [0.1, 0.15) is 33.1 Å². The Morgan fingerprint density at radius 1 is 1.15 bits per heavy atom. The Hall–Kier alpha value is -0.530. The van der Waals surface area contributed by atoms with E-state index < -0.39 is 0 Å². The molecule has 0 aromatic carbocycles. The van der Waals surface area contributed by atoms with Crippen LogP contribution < -0.4 is 5.32 Å². The van der Waals surface area contributed by atoms with Crippen LogP contribution in [0, 0.1) is 5.92 Å². The molecule has 6 heteroatoms. The number of hydrogen-bond acceptors (Lipinski definition) is 2. The Balaban J connectivity index is 0.00000200. The molecule has 1 aliphatic heterocycles. The molecule has 2 rings (SSSR count). The number of carbonyl (C=O) groups excluding carboxylic acids is 1. The van der Waals surface area contributed by atoms with E-state index in [1.807, 2.05) is 25.8 Å². The van der Waals surface area contributed by atoms with E-state index in [2.05, 4.69) is 15.2 Å². The van der Waals surface area contributed by atoms with Crippen molar-refractivity contribution in [2.45, 2.75) is 39.2 Å². The zero-order chi connectivity index (χ0) is 13.8. The van der Waals surface area contributed by atoms with E-state index in [1.54, 1.807) is 0 Å². The number of aliphatic imine (C=N–C) groups is 1. The highest BCUT2D eigenvalue weighted by atomic mass is 127. The van der Waals surface area contributed by atoms with E-state index >= 15 is 0 Å². The molecule has 1 saturated carbocycles. The summed E-state index contributed by atoms with van der Waals surface area (Å²) >= 11 is 0. The summed E-state index contributed by atoms with van der Waals surface area (Å²) in [4.78, 5) is 20.5. The summed E-state index contributed by atoms with van der Waals surface area (Å²) in [6, 6.07) is 0.606. The summed E-state index contributed by atoms with van der Waals surface area (Å²) in [7, 11) is 1.84. The van der Waals surface area contributed by atoms with Crippen molar-refractivity contribution in [1.82, 2.24) is 15.1 Å². The van der Waals surface area contributed by atoms with Crippen LogP contribution in [0.3, 0.4) is 0 Å². The Bertz CT molecular complexity index is 347. The number of halogens is 1. The van der Waals surface area contributed by atoms with Gasteiger partial charge >= 0.3 is 0 Å². The highest BCUT2D eigenvalue weighted by molar-refractivity contribution is 14.0. The number of piperazine rings is 1. The van der Waals surface area contributed by atoms with Gasteiger partial charge in [-0.25, -0.2) is 0 Å². The van der Waals surface area contributed by atoms with Crippen molar-refractivity contribution in [3.63, 3.8) is 0 Å². The van der Waals surface area contributed by atoms with E-state index in [-0.39, 0.29) is 35.8 Å². The molecule has 2 aliphatic rings. The van der Waals surface area contributed by atoms with E-state index in [0.717, 1.165) is 32.1 Å². The second kappa shape index (κ2) is 8.05. The highest BCUT2D eigenvalue weighted by Crippen LogP contribution is 2.18. The molecule has 0 aromatic heterocycles. The lowest BCUT2D eigenvalue weighted by Crippen LogP contribution is -2.56. The fourth-order valence-electron chi connectivity index (χ4n) is 2.54. The van der Waals surface area contributed by atoms with Gasteiger partial charge in [-0.2, -0.15) is 0 Å². The fraction of sp³-hybridized carbons (Fsp3) is 0.857. The predicted molar refractivity (Wildman–Crippen MR) is 92.5 cm³/mol. The van der Waals surface area contributed by atoms with Gasteiger partial charge in [0, 0.05) is 45.2 Å². The minimum atomic E-state index is 0. The number of hydrogen-bond donors (Lipinski definition) is 1. The number of guanidine groups is 1. The first-order valence-corrected chi connectivity index (χ1v) is 7.39. The smallest absolute Gasteiger partial charge is 0.225 e. The average molecular weight is 394 g/mol. The van der Waals surface area contributed by atoms with Crippen molar-refractivity contribution in [2.75, 3.05) is 33.2 Å². The van der Waals surface area contributed by atoms with Crippen LogP contribution in [0.2, 0.25) is 0 Å². The number of nitrogens with one attached hydrogen (secondary N) is 1. The van der Waals surface area contributed by atoms with Crippen LogP contribution in [0.15, 0.2) is 4.99 Å². The van der Waals surface area contributed by atoms with Gasteiger partial charge in [-0.15, -0.1) is 24.0 Å². The van der Waals surface area contributed by atoms with Crippen LogP contribution in [0.25, 0.3) is 0 Å². The maximum Gasteiger partial charge on any atom is 0.225 e. The third-order valence-corrected chi connectivity index (χ3v) is 4.03. The molecule has 1 amide bonds. The molecule has 0 atom stereocenters. The summed E-state index contributed by atoms with van der Waals surface area (Å²) in [5.41, 5.74) is 0. The lowest BCUT2D eigenvalue weighted by molar-refractivity contribution is -0.135.